The van der Waals surface area contributed by atoms with Crippen molar-refractivity contribution in [3.05, 3.63) is 65.2 Å². The van der Waals surface area contributed by atoms with Gasteiger partial charge in [0, 0.05) is 42.2 Å². The van der Waals surface area contributed by atoms with Crippen LogP contribution in [0.1, 0.15) is 47.2 Å². The van der Waals surface area contributed by atoms with E-state index in [4.69, 9.17) is 5.73 Å². The van der Waals surface area contributed by atoms with Crippen molar-refractivity contribution in [2.45, 2.75) is 55.6 Å². The number of rotatable bonds is 4. The third kappa shape index (κ3) is 2.73. The van der Waals surface area contributed by atoms with Crippen LogP contribution < -0.4 is 5.73 Å². The highest BCUT2D eigenvalue weighted by molar-refractivity contribution is 5.94. The van der Waals surface area contributed by atoms with E-state index in [1.807, 2.05) is 36.4 Å². The first-order valence-electron chi connectivity index (χ1n) is 13.3. The molecule has 7 rings (SSSR count). The molecule has 4 bridgehead atoms. The first kappa shape index (κ1) is 21.8. The fourth-order valence-electron chi connectivity index (χ4n) is 9.65. The van der Waals surface area contributed by atoms with E-state index in [0.29, 0.717) is 23.6 Å². The fraction of sp³-hybridized carbons (Fsp3) is 0.552. The van der Waals surface area contributed by atoms with Crippen molar-refractivity contribution in [2.24, 2.45) is 23.0 Å². The predicted octanol–water partition coefficient (Wildman–Crippen LogP) is 2.52. The number of phenols is 1. The number of hydrogen-bond donors (Lipinski definition) is 3. The Kier molecular flexibility index (Phi) is 4.71. The van der Waals surface area contributed by atoms with Gasteiger partial charge in [-0.1, -0.05) is 24.3 Å². The lowest BCUT2D eigenvalue weighted by atomic mass is 9.43. The van der Waals surface area contributed by atoms with Gasteiger partial charge in [0.15, 0.2) is 0 Å². The number of amides is 1. The Morgan fingerprint density at radius 1 is 1.17 bits per heavy atom. The van der Waals surface area contributed by atoms with E-state index >= 15 is 0 Å². The standard InChI is InChI=1S/C29H35N3O3/c30-21(17-33)16-31-11-10-29-23-13-22(34)7-6-19(23)12-25(31)28(29)9-8-24-26(29)20(14-28)15-32(24)27(35)18-4-2-1-3-5-18/h1-7,13,20-21,24-26,33-34H,8-12,14-17,30H2/t20-,21+,24?,25?,26?,28?,29?/m1/s1. The Morgan fingerprint density at radius 3 is 2.80 bits per heavy atom. The van der Waals surface area contributed by atoms with Gasteiger partial charge in [-0.25, -0.2) is 0 Å². The largest absolute Gasteiger partial charge is 0.508 e. The zero-order valence-electron chi connectivity index (χ0n) is 20.1. The van der Waals surface area contributed by atoms with Gasteiger partial charge < -0.3 is 20.8 Å². The lowest BCUT2D eigenvalue weighted by molar-refractivity contribution is -0.103. The third-order valence-electron chi connectivity index (χ3n) is 10.6. The molecule has 6 heteroatoms. The zero-order chi connectivity index (χ0) is 23.9. The second-order valence-electron chi connectivity index (χ2n) is 11.8. The van der Waals surface area contributed by atoms with Gasteiger partial charge in [-0.2, -0.15) is 0 Å². The molecule has 1 amide bonds. The third-order valence-corrected chi connectivity index (χ3v) is 10.6. The Hall–Kier alpha value is -2.41. The van der Waals surface area contributed by atoms with Gasteiger partial charge in [-0.05, 0) is 91.3 Å². The van der Waals surface area contributed by atoms with E-state index in [1.165, 1.54) is 11.1 Å². The Labute approximate surface area is 206 Å². The molecule has 0 aromatic heterocycles. The second kappa shape index (κ2) is 7.55. The van der Waals surface area contributed by atoms with Crippen molar-refractivity contribution in [2.75, 3.05) is 26.2 Å². The Bertz CT molecular complexity index is 1170. The first-order valence-corrected chi connectivity index (χ1v) is 13.3. The van der Waals surface area contributed by atoms with Crippen LogP contribution in [0.2, 0.25) is 0 Å². The number of fused-ring (bicyclic) bond motifs is 1. The molecule has 2 aliphatic heterocycles. The summed E-state index contributed by atoms with van der Waals surface area (Å²) >= 11 is 0. The summed E-state index contributed by atoms with van der Waals surface area (Å²) < 4.78 is 0. The Morgan fingerprint density at radius 2 is 2.00 bits per heavy atom. The number of phenolic OH excluding ortho intramolecular Hbond substituents is 1. The number of benzene rings is 2. The van der Waals surface area contributed by atoms with Crippen molar-refractivity contribution in [3.8, 4) is 5.75 Å². The molecule has 6 nitrogen and oxygen atoms in total. The molecule has 4 N–H and O–H groups in total. The molecule has 7 atom stereocenters. The Balaban J connectivity index is 1.34. The smallest absolute Gasteiger partial charge is 0.254 e. The average Bonchev–Trinajstić information content (AvgIpc) is 3.32. The monoisotopic (exact) mass is 473 g/mol. The summed E-state index contributed by atoms with van der Waals surface area (Å²) in [7, 11) is 0. The number of aliphatic hydroxyl groups excluding tert-OH is 1. The number of hydrogen-bond acceptors (Lipinski definition) is 5. The number of aromatic hydroxyl groups is 1. The van der Waals surface area contributed by atoms with Crippen LogP contribution in [0.4, 0.5) is 0 Å². The van der Waals surface area contributed by atoms with Crippen LogP contribution >= 0.6 is 0 Å². The number of carbonyl (C=O) groups excluding carboxylic acids is 1. The van der Waals surface area contributed by atoms with Gasteiger partial charge >= 0.3 is 0 Å². The van der Waals surface area contributed by atoms with Gasteiger partial charge in [0.05, 0.1) is 6.61 Å². The quantitative estimate of drug-likeness (QED) is 0.635. The van der Waals surface area contributed by atoms with Gasteiger partial charge in [0.2, 0.25) is 0 Å². The highest BCUT2D eigenvalue weighted by Gasteiger charge is 2.76. The van der Waals surface area contributed by atoms with Gasteiger partial charge in [-0.3, -0.25) is 9.69 Å². The van der Waals surface area contributed by atoms with E-state index in [1.54, 1.807) is 0 Å². The number of likely N-dealkylation sites (tertiary alicyclic amines) is 2. The van der Waals surface area contributed by atoms with Crippen molar-refractivity contribution in [1.82, 2.24) is 9.80 Å². The molecule has 2 aromatic carbocycles. The molecule has 5 unspecified atom stereocenters. The predicted molar refractivity (Wildman–Crippen MR) is 133 cm³/mol. The molecule has 2 saturated carbocycles. The highest BCUT2D eigenvalue weighted by Crippen LogP contribution is 2.75. The van der Waals surface area contributed by atoms with E-state index in [9.17, 15) is 15.0 Å². The highest BCUT2D eigenvalue weighted by atomic mass is 16.3. The molecular weight excluding hydrogens is 438 g/mol. The van der Waals surface area contributed by atoms with Gasteiger partial charge in [0.25, 0.3) is 5.91 Å². The van der Waals surface area contributed by atoms with Crippen LogP contribution in [0.15, 0.2) is 48.5 Å². The number of nitrogens with two attached hydrogens (primary N) is 1. The van der Waals surface area contributed by atoms with Crippen LogP contribution in [0.3, 0.4) is 0 Å². The topological polar surface area (TPSA) is 90.0 Å². The average molecular weight is 474 g/mol. The molecule has 2 aromatic rings. The summed E-state index contributed by atoms with van der Waals surface area (Å²) in [6, 6.07) is 16.2. The molecule has 0 radical (unpaired) electrons. The summed E-state index contributed by atoms with van der Waals surface area (Å²) in [6.07, 6.45) is 5.30. The van der Waals surface area contributed by atoms with Crippen LogP contribution in [-0.4, -0.2) is 70.3 Å². The summed E-state index contributed by atoms with van der Waals surface area (Å²) in [6.45, 7) is 2.53. The van der Waals surface area contributed by atoms with Crippen molar-refractivity contribution in [3.63, 3.8) is 0 Å². The van der Waals surface area contributed by atoms with Crippen LogP contribution in [0, 0.1) is 17.3 Å². The molecule has 2 saturated heterocycles. The number of nitrogens with zero attached hydrogens (tertiary/aromatic N) is 2. The van der Waals surface area contributed by atoms with E-state index < -0.39 is 0 Å². The maximum Gasteiger partial charge on any atom is 0.254 e. The van der Waals surface area contributed by atoms with Crippen LogP contribution in [0.5, 0.6) is 5.75 Å². The van der Waals surface area contributed by atoms with E-state index in [0.717, 1.165) is 57.3 Å². The minimum Gasteiger partial charge on any atom is -0.508 e. The van der Waals surface area contributed by atoms with Crippen molar-refractivity contribution >= 4 is 5.91 Å². The fourth-order valence-corrected chi connectivity index (χ4v) is 9.65. The lowest BCUT2D eigenvalue weighted by Crippen LogP contribution is -2.70. The van der Waals surface area contributed by atoms with E-state index in [2.05, 4.69) is 21.9 Å². The van der Waals surface area contributed by atoms with Crippen molar-refractivity contribution in [1.29, 1.82) is 0 Å². The normalized spacial score (nSPS) is 37.6. The minimum absolute atomic E-state index is 0.00963. The van der Waals surface area contributed by atoms with Crippen LogP contribution in [-0.2, 0) is 11.8 Å². The molecule has 184 valence electrons. The minimum atomic E-state index is -0.226. The molecule has 5 aliphatic rings. The molecular formula is C29H35N3O3. The summed E-state index contributed by atoms with van der Waals surface area (Å²) in [5.74, 6) is 1.44. The summed E-state index contributed by atoms with van der Waals surface area (Å²) in [5.41, 5.74) is 9.87. The summed E-state index contributed by atoms with van der Waals surface area (Å²) in [5, 5.41) is 20.3. The zero-order valence-corrected chi connectivity index (χ0v) is 20.1. The lowest BCUT2D eigenvalue weighted by Gasteiger charge is -2.66. The van der Waals surface area contributed by atoms with Gasteiger partial charge in [-0.15, -0.1) is 0 Å². The molecule has 3 aliphatic carbocycles. The SMILES string of the molecule is N[C@H](CO)CN1CCC23c4cc(O)ccc4CC1C21CCC2C3[C@@H](CN2C(=O)c2ccccc2)C1. The maximum absolute atomic E-state index is 13.6. The van der Waals surface area contributed by atoms with Gasteiger partial charge in [0.1, 0.15) is 5.75 Å². The first-order chi connectivity index (χ1) is 17.0. The molecule has 2 heterocycles. The number of piperidine rings is 1. The van der Waals surface area contributed by atoms with E-state index in [-0.39, 0.29) is 35.4 Å². The molecule has 35 heavy (non-hydrogen) atoms. The molecule has 4 fully saturated rings. The maximum atomic E-state index is 13.6. The van der Waals surface area contributed by atoms with Crippen LogP contribution in [0.25, 0.3) is 0 Å². The van der Waals surface area contributed by atoms with Crippen molar-refractivity contribution < 1.29 is 15.0 Å². The molecule has 0 spiro atoms. The summed E-state index contributed by atoms with van der Waals surface area (Å²) in [4.78, 5) is 18.4. The number of carbonyl (C=O) groups is 1. The number of aliphatic hydroxyl groups is 1. The second-order valence-corrected chi connectivity index (χ2v) is 11.8.